The fraction of sp³-hybridized carbons (Fsp3) is 0.0625. The molecule has 3 rings (SSSR count). The lowest BCUT2D eigenvalue weighted by Gasteiger charge is -2.09. The van der Waals surface area contributed by atoms with Crippen molar-refractivity contribution in [2.45, 2.75) is 6.54 Å². The lowest BCUT2D eigenvalue weighted by atomic mass is 10.1. The van der Waals surface area contributed by atoms with Crippen molar-refractivity contribution in [3.63, 3.8) is 0 Å². The van der Waals surface area contributed by atoms with Crippen molar-refractivity contribution in [1.29, 1.82) is 0 Å². The number of hydrogen-bond donors (Lipinski definition) is 4. The van der Waals surface area contributed by atoms with Crippen LogP contribution in [0.4, 0.5) is 11.4 Å². The minimum Gasteiger partial charge on any atom is -0.398 e. The summed E-state index contributed by atoms with van der Waals surface area (Å²) >= 11 is 0. The smallest absolute Gasteiger partial charge is 0.358 e. The van der Waals surface area contributed by atoms with Crippen LogP contribution < -0.4 is 22.3 Å². The van der Waals surface area contributed by atoms with Crippen molar-refractivity contribution in [2.24, 2.45) is 0 Å². The number of nitro groups is 1. The third-order valence-electron chi connectivity index (χ3n) is 3.72. The fourth-order valence-corrected chi connectivity index (χ4v) is 2.44. The Kier molecular flexibility index (Phi) is 4.68. The molecule has 0 aliphatic carbocycles. The maximum absolute atomic E-state index is 12.0. The van der Waals surface area contributed by atoms with Crippen molar-refractivity contribution in [1.82, 2.24) is 15.4 Å². The van der Waals surface area contributed by atoms with Gasteiger partial charge in [-0.05, 0) is 12.1 Å². The second-order valence-electron chi connectivity index (χ2n) is 5.49. The molecule has 5 N–H and O–H groups in total. The molecule has 11 heteroatoms. The highest BCUT2D eigenvalue weighted by atomic mass is 16.7. The van der Waals surface area contributed by atoms with Gasteiger partial charge < -0.3 is 20.5 Å². The number of nitrogens with zero attached hydrogens (tertiary/aromatic N) is 1. The molecule has 0 bridgehead atoms. The molecule has 0 saturated heterocycles. The number of carbonyl (C=O) groups is 1. The van der Waals surface area contributed by atoms with E-state index in [2.05, 4.69) is 15.4 Å². The van der Waals surface area contributed by atoms with E-state index in [1.807, 2.05) is 0 Å². The molecule has 11 nitrogen and oxygen atoms in total. The highest BCUT2D eigenvalue weighted by Gasteiger charge is 2.15. The predicted octanol–water partition coefficient (Wildman–Crippen LogP) is 0.568. The van der Waals surface area contributed by atoms with Gasteiger partial charge in [0.05, 0.1) is 28.1 Å². The van der Waals surface area contributed by atoms with Gasteiger partial charge in [-0.15, -0.1) is 5.48 Å². The van der Waals surface area contributed by atoms with Gasteiger partial charge in [-0.2, -0.15) is 0 Å². The van der Waals surface area contributed by atoms with E-state index in [9.17, 15) is 24.5 Å². The third-order valence-corrected chi connectivity index (χ3v) is 3.72. The summed E-state index contributed by atoms with van der Waals surface area (Å²) < 4.78 is 0. The number of nitrogens with two attached hydrogens (primary N) is 1. The molecule has 0 atom stereocenters. The summed E-state index contributed by atoms with van der Waals surface area (Å²) in [5, 5.41) is 11.1. The number of non-ortho nitro benzene ring substituents is 1. The van der Waals surface area contributed by atoms with Crippen molar-refractivity contribution in [3.05, 3.63) is 78.3 Å². The average molecular weight is 371 g/mol. The van der Waals surface area contributed by atoms with Gasteiger partial charge in [-0.25, -0.2) is 4.79 Å². The second-order valence-corrected chi connectivity index (χ2v) is 5.49. The standard InChI is InChI=1S/C16H13N5O6/c17-11-4-2-1-3-10(11)16(24)27-18-7-8-5-9(21(25)26)6-12-13(8)20-15(23)14(22)19-12/h1-6,18H,7,17H2,(H,19,22)(H,20,23). The molecule has 0 aliphatic heterocycles. The Labute approximate surface area is 149 Å². The molecule has 1 heterocycles. The molecule has 3 aromatic rings. The van der Waals surface area contributed by atoms with Gasteiger partial charge in [-0.1, -0.05) is 12.1 Å². The molecule has 0 spiro atoms. The number of H-pyrrole nitrogens is 2. The zero-order valence-corrected chi connectivity index (χ0v) is 13.6. The number of hydrogen-bond acceptors (Lipinski definition) is 8. The number of nitrogens with one attached hydrogen (secondary N) is 3. The summed E-state index contributed by atoms with van der Waals surface area (Å²) in [7, 11) is 0. The maximum Gasteiger partial charge on any atom is 0.358 e. The molecule has 0 aliphatic rings. The molecule has 0 radical (unpaired) electrons. The van der Waals surface area contributed by atoms with E-state index in [1.165, 1.54) is 18.2 Å². The Morgan fingerprint density at radius 2 is 1.89 bits per heavy atom. The number of aromatic amines is 2. The highest BCUT2D eigenvalue weighted by molar-refractivity contribution is 5.94. The molecule has 1 aromatic heterocycles. The Morgan fingerprint density at radius 3 is 2.59 bits per heavy atom. The number of nitro benzene ring substituents is 1. The van der Waals surface area contributed by atoms with E-state index < -0.39 is 22.0 Å². The first kappa shape index (κ1) is 17.8. The average Bonchev–Trinajstić information content (AvgIpc) is 2.63. The minimum atomic E-state index is -0.937. The summed E-state index contributed by atoms with van der Waals surface area (Å²) in [6.45, 7) is -0.168. The van der Waals surface area contributed by atoms with Crippen LogP contribution in [0.2, 0.25) is 0 Å². The molecular formula is C16H13N5O6. The number of aromatic nitrogens is 2. The second kappa shape index (κ2) is 7.09. The van der Waals surface area contributed by atoms with E-state index in [4.69, 9.17) is 10.6 Å². The van der Waals surface area contributed by atoms with Crippen molar-refractivity contribution < 1.29 is 14.6 Å². The molecule has 2 aromatic carbocycles. The topological polar surface area (TPSA) is 173 Å². The van der Waals surface area contributed by atoms with E-state index in [1.54, 1.807) is 12.1 Å². The number of nitrogen functional groups attached to an aromatic ring is 1. The van der Waals surface area contributed by atoms with Crippen LogP contribution in [-0.4, -0.2) is 20.9 Å². The van der Waals surface area contributed by atoms with Gasteiger partial charge in [0.1, 0.15) is 0 Å². The third kappa shape index (κ3) is 3.67. The predicted molar refractivity (Wildman–Crippen MR) is 95.0 cm³/mol. The first-order valence-corrected chi connectivity index (χ1v) is 7.59. The van der Waals surface area contributed by atoms with Crippen LogP contribution in [0.15, 0.2) is 46.0 Å². The van der Waals surface area contributed by atoms with Gasteiger partial charge in [0.15, 0.2) is 0 Å². The van der Waals surface area contributed by atoms with Gasteiger partial charge in [0, 0.05) is 23.4 Å². The van der Waals surface area contributed by atoms with E-state index in [0.717, 1.165) is 6.07 Å². The molecule has 0 fully saturated rings. The SMILES string of the molecule is Nc1ccccc1C(=O)ONCc1cc([N+](=O)[O-])cc2[nH]c(=O)c(=O)[nH]c12. The Bertz CT molecular complexity index is 1170. The Morgan fingerprint density at radius 1 is 1.19 bits per heavy atom. The van der Waals surface area contributed by atoms with Gasteiger partial charge >= 0.3 is 17.1 Å². The number of benzene rings is 2. The molecule has 0 amide bonds. The van der Waals surface area contributed by atoms with E-state index in [0.29, 0.717) is 0 Å². The zero-order valence-electron chi connectivity index (χ0n) is 13.6. The summed E-state index contributed by atoms with van der Waals surface area (Å²) in [5.41, 5.74) is 6.77. The lowest BCUT2D eigenvalue weighted by molar-refractivity contribution is -0.384. The van der Waals surface area contributed by atoms with Gasteiger partial charge in [-0.3, -0.25) is 19.7 Å². The van der Waals surface area contributed by atoms with Crippen molar-refractivity contribution in [3.8, 4) is 0 Å². The van der Waals surface area contributed by atoms with Crippen molar-refractivity contribution >= 4 is 28.4 Å². The van der Waals surface area contributed by atoms with Crippen LogP contribution in [0.25, 0.3) is 11.0 Å². The van der Waals surface area contributed by atoms with Crippen LogP contribution >= 0.6 is 0 Å². The number of para-hydroxylation sites is 1. The molecule has 0 saturated carbocycles. The molecule has 138 valence electrons. The largest absolute Gasteiger partial charge is 0.398 e. The monoisotopic (exact) mass is 371 g/mol. The normalized spacial score (nSPS) is 10.7. The fourth-order valence-electron chi connectivity index (χ4n) is 2.44. The number of rotatable bonds is 5. The van der Waals surface area contributed by atoms with Gasteiger partial charge in [0.25, 0.3) is 5.69 Å². The van der Waals surface area contributed by atoms with Crippen LogP contribution in [0.5, 0.6) is 0 Å². The summed E-state index contributed by atoms with van der Waals surface area (Å²) in [5.74, 6) is -0.746. The first-order valence-electron chi connectivity index (χ1n) is 7.59. The van der Waals surface area contributed by atoms with Crippen molar-refractivity contribution in [2.75, 3.05) is 5.73 Å². The maximum atomic E-state index is 12.0. The lowest BCUT2D eigenvalue weighted by Crippen LogP contribution is -2.29. The summed E-state index contributed by atoms with van der Waals surface area (Å²) in [6, 6.07) is 8.59. The number of fused-ring (bicyclic) bond motifs is 1. The zero-order chi connectivity index (χ0) is 19.6. The Balaban J connectivity index is 1.87. The summed E-state index contributed by atoms with van der Waals surface area (Å²) in [6.07, 6.45) is 0. The van der Waals surface area contributed by atoms with E-state index in [-0.39, 0.29) is 40.1 Å². The quantitative estimate of drug-likeness (QED) is 0.218. The van der Waals surface area contributed by atoms with Gasteiger partial charge in [0.2, 0.25) is 0 Å². The van der Waals surface area contributed by atoms with Crippen LogP contribution in [0.1, 0.15) is 15.9 Å². The Hall–Kier alpha value is -3.99. The van der Waals surface area contributed by atoms with E-state index >= 15 is 0 Å². The highest BCUT2D eigenvalue weighted by Crippen LogP contribution is 2.21. The van der Waals surface area contributed by atoms with Crippen LogP contribution in [-0.2, 0) is 11.4 Å². The molecule has 27 heavy (non-hydrogen) atoms. The minimum absolute atomic E-state index is 0.0734. The number of hydroxylamine groups is 1. The number of carbonyl (C=O) groups excluding carboxylic acids is 1. The first-order chi connectivity index (χ1) is 12.9. The molecular weight excluding hydrogens is 358 g/mol. The summed E-state index contributed by atoms with van der Waals surface area (Å²) in [4.78, 5) is 55.0. The van der Waals surface area contributed by atoms with Crippen LogP contribution in [0, 0.1) is 10.1 Å². The number of anilines is 1. The molecule has 0 unspecified atom stereocenters. The van der Waals surface area contributed by atoms with Crippen LogP contribution in [0.3, 0.4) is 0 Å².